The van der Waals surface area contributed by atoms with Crippen molar-refractivity contribution in [1.29, 1.82) is 0 Å². The van der Waals surface area contributed by atoms with Crippen LogP contribution in [0, 0.1) is 0 Å². The van der Waals surface area contributed by atoms with E-state index in [4.69, 9.17) is 4.74 Å². The van der Waals surface area contributed by atoms with E-state index in [9.17, 15) is 0 Å². The molecule has 108 valence electrons. The van der Waals surface area contributed by atoms with Crippen molar-refractivity contribution in [3.05, 3.63) is 42.2 Å². The molecule has 0 amide bonds. The fraction of sp³-hybridized carbons (Fsp3) is 0.438. The molecule has 0 fully saturated rings. The zero-order chi connectivity index (χ0) is 14.5. The standard InChI is InChI=1S/C16H23N3O/c1-5-12(2)20-16-8-6-7-15(9-16)18-13(3)14-10-17-19(4)11-14/h6-13,18H,5H2,1-4H3/t12-,13-/m1/s1. The van der Waals surface area contributed by atoms with Gasteiger partial charge in [0.25, 0.3) is 0 Å². The predicted octanol–water partition coefficient (Wildman–Crippen LogP) is 3.77. The van der Waals surface area contributed by atoms with Crippen LogP contribution in [-0.2, 0) is 7.05 Å². The lowest BCUT2D eigenvalue weighted by Gasteiger charge is -2.16. The van der Waals surface area contributed by atoms with Gasteiger partial charge in [0.2, 0.25) is 0 Å². The molecule has 1 aromatic heterocycles. The van der Waals surface area contributed by atoms with Crippen molar-refractivity contribution in [3.63, 3.8) is 0 Å². The molecule has 1 aromatic carbocycles. The summed E-state index contributed by atoms with van der Waals surface area (Å²) >= 11 is 0. The first kappa shape index (κ1) is 14.4. The summed E-state index contributed by atoms with van der Waals surface area (Å²) in [5, 5.41) is 7.67. The normalized spacial score (nSPS) is 13.8. The van der Waals surface area contributed by atoms with Gasteiger partial charge in [-0.1, -0.05) is 13.0 Å². The molecular weight excluding hydrogens is 250 g/mol. The number of nitrogens with zero attached hydrogens (tertiary/aromatic N) is 2. The topological polar surface area (TPSA) is 39.1 Å². The summed E-state index contributed by atoms with van der Waals surface area (Å²) in [5.41, 5.74) is 2.22. The predicted molar refractivity (Wildman–Crippen MR) is 82.1 cm³/mol. The molecule has 2 atom stereocenters. The average molecular weight is 273 g/mol. The van der Waals surface area contributed by atoms with Gasteiger partial charge < -0.3 is 10.1 Å². The Morgan fingerprint density at radius 3 is 2.80 bits per heavy atom. The molecule has 0 spiro atoms. The lowest BCUT2D eigenvalue weighted by Crippen LogP contribution is -2.10. The molecule has 0 aliphatic rings. The largest absolute Gasteiger partial charge is 0.491 e. The minimum atomic E-state index is 0.211. The Hall–Kier alpha value is -1.97. The van der Waals surface area contributed by atoms with Crippen LogP contribution in [0.15, 0.2) is 36.7 Å². The third-order valence-corrected chi connectivity index (χ3v) is 3.35. The van der Waals surface area contributed by atoms with E-state index in [0.717, 1.165) is 17.9 Å². The number of hydrogen-bond donors (Lipinski definition) is 1. The van der Waals surface area contributed by atoms with Gasteiger partial charge in [0.1, 0.15) is 5.75 Å². The molecule has 2 rings (SSSR count). The summed E-state index contributed by atoms with van der Waals surface area (Å²) in [6, 6.07) is 8.31. The van der Waals surface area contributed by atoms with Crippen LogP contribution >= 0.6 is 0 Å². The molecule has 0 unspecified atom stereocenters. The summed E-state index contributed by atoms with van der Waals surface area (Å²) < 4.78 is 7.65. The third-order valence-electron chi connectivity index (χ3n) is 3.35. The smallest absolute Gasteiger partial charge is 0.121 e. The Balaban J connectivity index is 2.04. The highest BCUT2D eigenvalue weighted by atomic mass is 16.5. The Bertz CT molecular complexity index is 550. The molecule has 0 aliphatic carbocycles. The number of nitrogens with one attached hydrogen (secondary N) is 1. The number of aromatic nitrogens is 2. The molecular formula is C16H23N3O. The Kier molecular flexibility index (Phi) is 4.66. The molecule has 1 N–H and O–H groups in total. The van der Waals surface area contributed by atoms with Crippen molar-refractivity contribution in [1.82, 2.24) is 9.78 Å². The lowest BCUT2D eigenvalue weighted by molar-refractivity contribution is 0.217. The van der Waals surface area contributed by atoms with Crippen LogP contribution in [0.2, 0.25) is 0 Å². The number of aryl methyl sites for hydroxylation is 1. The summed E-state index contributed by atoms with van der Waals surface area (Å²) in [5.74, 6) is 0.905. The molecule has 0 saturated carbocycles. The van der Waals surface area contributed by atoms with Crippen LogP contribution < -0.4 is 10.1 Å². The van der Waals surface area contributed by atoms with E-state index >= 15 is 0 Å². The van der Waals surface area contributed by atoms with Gasteiger partial charge in [0.15, 0.2) is 0 Å². The van der Waals surface area contributed by atoms with E-state index in [0.29, 0.717) is 0 Å². The van der Waals surface area contributed by atoms with Crippen molar-refractivity contribution in [2.75, 3.05) is 5.32 Å². The Labute approximate surface area is 120 Å². The minimum Gasteiger partial charge on any atom is -0.491 e. The van der Waals surface area contributed by atoms with E-state index in [-0.39, 0.29) is 12.1 Å². The van der Waals surface area contributed by atoms with E-state index in [1.807, 2.05) is 42.3 Å². The van der Waals surface area contributed by atoms with Gasteiger partial charge in [-0.05, 0) is 32.4 Å². The fourth-order valence-electron chi connectivity index (χ4n) is 1.97. The van der Waals surface area contributed by atoms with Gasteiger partial charge in [-0.25, -0.2) is 0 Å². The first-order valence-electron chi connectivity index (χ1n) is 7.10. The van der Waals surface area contributed by atoms with E-state index in [1.165, 1.54) is 5.56 Å². The van der Waals surface area contributed by atoms with E-state index in [1.54, 1.807) is 0 Å². The van der Waals surface area contributed by atoms with Gasteiger partial charge in [-0.3, -0.25) is 4.68 Å². The van der Waals surface area contributed by atoms with Gasteiger partial charge in [-0.2, -0.15) is 5.10 Å². The molecule has 2 aromatic rings. The molecule has 4 nitrogen and oxygen atoms in total. The van der Waals surface area contributed by atoms with Gasteiger partial charge in [0.05, 0.1) is 18.3 Å². The highest BCUT2D eigenvalue weighted by molar-refractivity contribution is 5.49. The molecule has 0 bridgehead atoms. The second-order valence-electron chi connectivity index (χ2n) is 5.18. The average Bonchev–Trinajstić information content (AvgIpc) is 2.86. The molecule has 0 saturated heterocycles. The fourth-order valence-corrected chi connectivity index (χ4v) is 1.97. The van der Waals surface area contributed by atoms with Crippen molar-refractivity contribution >= 4 is 5.69 Å². The molecule has 0 radical (unpaired) electrons. The summed E-state index contributed by atoms with van der Waals surface area (Å²) in [6.07, 6.45) is 5.15. The van der Waals surface area contributed by atoms with Crippen LogP contribution in [-0.4, -0.2) is 15.9 Å². The molecule has 0 aliphatic heterocycles. The van der Waals surface area contributed by atoms with Gasteiger partial charge >= 0.3 is 0 Å². The highest BCUT2D eigenvalue weighted by Crippen LogP contribution is 2.23. The maximum Gasteiger partial charge on any atom is 0.121 e. The maximum atomic E-state index is 5.84. The maximum absolute atomic E-state index is 5.84. The summed E-state index contributed by atoms with van der Waals surface area (Å²) in [7, 11) is 1.93. The third kappa shape index (κ3) is 3.76. The number of anilines is 1. The lowest BCUT2D eigenvalue weighted by atomic mass is 10.2. The SMILES string of the molecule is CC[C@@H](C)Oc1cccc(N[C@H](C)c2cnn(C)c2)c1. The number of rotatable bonds is 6. The Morgan fingerprint density at radius 1 is 1.35 bits per heavy atom. The number of ether oxygens (including phenoxy) is 1. The van der Waals surface area contributed by atoms with Crippen molar-refractivity contribution in [2.45, 2.75) is 39.3 Å². The van der Waals surface area contributed by atoms with E-state index in [2.05, 4.69) is 37.3 Å². The van der Waals surface area contributed by atoms with Crippen LogP contribution in [0.3, 0.4) is 0 Å². The van der Waals surface area contributed by atoms with Crippen molar-refractivity contribution < 1.29 is 4.74 Å². The van der Waals surface area contributed by atoms with Crippen LogP contribution in [0.4, 0.5) is 5.69 Å². The molecule has 1 heterocycles. The quantitative estimate of drug-likeness (QED) is 0.870. The summed E-state index contributed by atoms with van der Waals surface area (Å²) in [6.45, 7) is 6.33. The summed E-state index contributed by atoms with van der Waals surface area (Å²) in [4.78, 5) is 0. The highest BCUT2D eigenvalue weighted by Gasteiger charge is 2.08. The zero-order valence-electron chi connectivity index (χ0n) is 12.6. The zero-order valence-corrected chi connectivity index (χ0v) is 12.6. The second kappa shape index (κ2) is 6.46. The molecule has 4 heteroatoms. The van der Waals surface area contributed by atoms with Crippen LogP contribution in [0.25, 0.3) is 0 Å². The molecule has 20 heavy (non-hydrogen) atoms. The van der Waals surface area contributed by atoms with Crippen molar-refractivity contribution in [2.24, 2.45) is 7.05 Å². The van der Waals surface area contributed by atoms with Crippen LogP contribution in [0.5, 0.6) is 5.75 Å². The van der Waals surface area contributed by atoms with Crippen molar-refractivity contribution in [3.8, 4) is 5.75 Å². The first-order valence-corrected chi connectivity index (χ1v) is 7.10. The first-order chi connectivity index (χ1) is 9.58. The Morgan fingerprint density at radius 2 is 2.15 bits per heavy atom. The van der Waals surface area contributed by atoms with Gasteiger partial charge in [0, 0.05) is 30.6 Å². The second-order valence-corrected chi connectivity index (χ2v) is 5.18. The monoisotopic (exact) mass is 273 g/mol. The van der Waals surface area contributed by atoms with Crippen LogP contribution in [0.1, 0.15) is 38.8 Å². The van der Waals surface area contributed by atoms with Gasteiger partial charge in [-0.15, -0.1) is 0 Å². The van der Waals surface area contributed by atoms with E-state index < -0.39 is 0 Å². The number of hydrogen-bond acceptors (Lipinski definition) is 3. The number of benzene rings is 1. The minimum absolute atomic E-state index is 0.211.